The van der Waals surface area contributed by atoms with Gasteiger partial charge in [0.1, 0.15) is 0 Å². The third kappa shape index (κ3) is 2.95. The van der Waals surface area contributed by atoms with Gasteiger partial charge >= 0.3 is 5.97 Å². The Morgan fingerprint density at radius 2 is 1.71 bits per heavy atom. The maximum atomic E-state index is 11.6. The summed E-state index contributed by atoms with van der Waals surface area (Å²) < 4.78 is 15.6. The Bertz CT molecular complexity index is 740. The van der Waals surface area contributed by atoms with Crippen LogP contribution in [0.15, 0.2) is 36.4 Å². The molecule has 1 aliphatic rings. The van der Waals surface area contributed by atoms with Crippen LogP contribution in [0.2, 0.25) is 0 Å². The van der Waals surface area contributed by atoms with Crippen molar-refractivity contribution in [3.05, 3.63) is 58.7 Å². The van der Waals surface area contributed by atoms with Crippen molar-refractivity contribution in [2.75, 3.05) is 27.9 Å². The monoisotopic (exact) mass is 327 g/mol. The van der Waals surface area contributed by atoms with E-state index >= 15 is 0 Å². The largest absolute Gasteiger partial charge is 0.493 e. The Morgan fingerprint density at radius 3 is 2.33 bits per heavy atom. The average Bonchev–Trinajstić information content (AvgIpc) is 2.65. The van der Waals surface area contributed by atoms with Crippen LogP contribution in [0.25, 0.3) is 0 Å². The van der Waals surface area contributed by atoms with Crippen LogP contribution in [0, 0.1) is 0 Å². The van der Waals surface area contributed by atoms with Gasteiger partial charge in [-0.3, -0.25) is 0 Å². The number of hydrogen-bond acceptors (Lipinski definition) is 5. The van der Waals surface area contributed by atoms with Crippen molar-refractivity contribution in [1.82, 2.24) is 5.32 Å². The predicted octanol–water partition coefficient (Wildman–Crippen LogP) is 2.73. The summed E-state index contributed by atoms with van der Waals surface area (Å²) in [7, 11) is 4.67. The van der Waals surface area contributed by atoms with Gasteiger partial charge in [0.05, 0.1) is 32.9 Å². The molecule has 0 fully saturated rings. The summed E-state index contributed by atoms with van der Waals surface area (Å²) in [6, 6.07) is 11.6. The zero-order valence-corrected chi connectivity index (χ0v) is 14.1. The highest BCUT2D eigenvalue weighted by Crippen LogP contribution is 2.37. The normalized spacial score (nSPS) is 16.2. The van der Waals surface area contributed by atoms with E-state index in [1.165, 1.54) is 18.2 Å². The van der Waals surface area contributed by atoms with Gasteiger partial charge in [0.15, 0.2) is 11.5 Å². The van der Waals surface area contributed by atoms with Crippen LogP contribution < -0.4 is 14.8 Å². The molecule has 0 aliphatic carbocycles. The molecule has 0 saturated heterocycles. The molecule has 5 nitrogen and oxygen atoms in total. The number of hydrogen-bond donors (Lipinski definition) is 1. The van der Waals surface area contributed by atoms with E-state index in [9.17, 15) is 4.79 Å². The van der Waals surface area contributed by atoms with Crippen molar-refractivity contribution in [3.8, 4) is 11.5 Å². The summed E-state index contributed by atoms with van der Waals surface area (Å²) in [6.07, 6.45) is 0.937. The van der Waals surface area contributed by atoms with Gasteiger partial charge in [0, 0.05) is 6.54 Å². The quantitative estimate of drug-likeness (QED) is 0.875. The van der Waals surface area contributed by atoms with E-state index in [0.29, 0.717) is 5.56 Å². The number of methoxy groups -OCH3 is 3. The number of nitrogens with one attached hydrogen (secondary N) is 1. The molecule has 0 saturated carbocycles. The first-order valence-electron chi connectivity index (χ1n) is 7.84. The Balaban J connectivity index is 1.98. The fraction of sp³-hybridized carbons (Fsp3) is 0.316. The van der Waals surface area contributed by atoms with Gasteiger partial charge < -0.3 is 19.5 Å². The van der Waals surface area contributed by atoms with Gasteiger partial charge in [-0.25, -0.2) is 4.79 Å². The van der Waals surface area contributed by atoms with E-state index in [4.69, 9.17) is 14.2 Å². The lowest BCUT2D eigenvalue weighted by Crippen LogP contribution is -2.30. The second kappa shape index (κ2) is 6.93. The second-order valence-electron chi connectivity index (χ2n) is 5.66. The molecule has 0 aromatic heterocycles. The number of fused-ring (bicyclic) bond motifs is 1. The average molecular weight is 327 g/mol. The molecule has 2 aromatic carbocycles. The van der Waals surface area contributed by atoms with Gasteiger partial charge in [-0.15, -0.1) is 0 Å². The van der Waals surface area contributed by atoms with Crippen LogP contribution in [-0.2, 0) is 11.2 Å². The molecule has 0 bridgehead atoms. The van der Waals surface area contributed by atoms with Crippen molar-refractivity contribution in [1.29, 1.82) is 0 Å². The lowest BCUT2D eigenvalue weighted by Gasteiger charge is -2.28. The summed E-state index contributed by atoms with van der Waals surface area (Å²) >= 11 is 0. The number of carbonyl (C=O) groups is 1. The number of ether oxygens (including phenoxy) is 3. The Hall–Kier alpha value is -2.53. The van der Waals surface area contributed by atoms with Crippen molar-refractivity contribution in [3.63, 3.8) is 0 Å². The van der Waals surface area contributed by atoms with Crippen molar-refractivity contribution >= 4 is 5.97 Å². The number of benzene rings is 2. The molecule has 1 atom stereocenters. The fourth-order valence-corrected chi connectivity index (χ4v) is 3.11. The van der Waals surface area contributed by atoms with Crippen LogP contribution in [0.4, 0.5) is 0 Å². The fourth-order valence-electron chi connectivity index (χ4n) is 3.11. The van der Waals surface area contributed by atoms with Crippen LogP contribution in [0.3, 0.4) is 0 Å². The van der Waals surface area contributed by atoms with E-state index in [2.05, 4.69) is 5.32 Å². The zero-order valence-electron chi connectivity index (χ0n) is 14.1. The minimum atomic E-state index is -0.329. The van der Waals surface area contributed by atoms with Crippen LogP contribution in [-0.4, -0.2) is 33.8 Å². The Kier molecular flexibility index (Phi) is 4.71. The van der Waals surface area contributed by atoms with Crippen LogP contribution in [0.5, 0.6) is 11.5 Å². The van der Waals surface area contributed by atoms with Crippen molar-refractivity contribution in [2.24, 2.45) is 0 Å². The van der Waals surface area contributed by atoms with Crippen LogP contribution >= 0.6 is 0 Å². The maximum Gasteiger partial charge on any atom is 0.337 e. The molecule has 0 radical (unpaired) electrons. The van der Waals surface area contributed by atoms with E-state index in [1.54, 1.807) is 26.4 Å². The number of carbonyl (C=O) groups excluding carboxylic acids is 1. The van der Waals surface area contributed by atoms with Crippen LogP contribution in [0.1, 0.15) is 33.1 Å². The molecular formula is C19H21NO4. The van der Waals surface area contributed by atoms with E-state index < -0.39 is 0 Å². The van der Waals surface area contributed by atoms with E-state index in [0.717, 1.165) is 30.0 Å². The molecule has 24 heavy (non-hydrogen) atoms. The van der Waals surface area contributed by atoms with Crippen molar-refractivity contribution < 1.29 is 19.0 Å². The van der Waals surface area contributed by atoms with E-state index in [-0.39, 0.29) is 12.0 Å². The Morgan fingerprint density at radius 1 is 1.04 bits per heavy atom. The molecule has 1 aliphatic heterocycles. The first kappa shape index (κ1) is 16.3. The molecule has 126 valence electrons. The highest BCUT2D eigenvalue weighted by Gasteiger charge is 2.24. The summed E-state index contributed by atoms with van der Waals surface area (Å²) in [4.78, 5) is 11.6. The predicted molar refractivity (Wildman–Crippen MR) is 90.9 cm³/mol. The third-order valence-electron chi connectivity index (χ3n) is 4.36. The van der Waals surface area contributed by atoms with E-state index in [1.807, 2.05) is 24.3 Å². The third-order valence-corrected chi connectivity index (χ3v) is 4.36. The molecule has 5 heteroatoms. The van der Waals surface area contributed by atoms with Gasteiger partial charge in [-0.05, 0) is 47.4 Å². The molecule has 2 aromatic rings. The molecule has 1 heterocycles. The highest BCUT2D eigenvalue weighted by molar-refractivity contribution is 5.89. The summed E-state index contributed by atoms with van der Waals surface area (Å²) in [6.45, 7) is 0.881. The first-order valence-corrected chi connectivity index (χ1v) is 7.84. The second-order valence-corrected chi connectivity index (χ2v) is 5.66. The van der Waals surface area contributed by atoms with Gasteiger partial charge in [-0.1, -0.05) is 12.1 Å². The summed E-state index contributed by atoms with van der Waals surface area (Å²) in [5.74, 6) is 1.14. The molecular weight excluding hydrogens is 306 g/mol. The molecule has 1 N–H and O–H groups in total. The summed E-state index contributed by atoms with van der Waals surface area (Å²) in [5.41, 5.74) is 4.05. The van der Waals surface area contributed by atoms with Gasteiger partial charge in [-0.2, -0.15) is 0 Å². The SMILES string of the molecule is COC(=O)c1ccc([C@@H]2NCCc3cc(OC)c(OC)cc32)cc1. The van der Waals surface area contributed by atoms with Gasteiger partial charge in [0.2, 0.25) is 0 Å². The molecule has 3 rings (SSSR count). The standard InChI is InChI=1S/C19H21NO4/c1-22-16-10-14-8-9-20-18(15(14)11-17(16)23-2)12-4-6-13(7-5-12)19(21)24-3/h4-7,10-11,18,20H,8-9H2,1-3H3/t18-/m0/s1. The maximum absolute atomic E-state index is 11.6. The highest BCUT2D eigenvalue weighted by atomic mass is 16.5. The molecule has 0 spiro atoms. The minimum Gasteiger partial charge on any atom is -0.493 e. The van der Waals surface area contributed by atoms with Crippen molar-refractivity contribution in [2.45, 2.75) is 12.5 Å². The van der Waals surface area contributed by atoms with Gasteiger partial charge in [0.25, 0.3) is 0 Å². The minimum absolute atomic E-state index is 0.0558. The lowest BCUT2D eigenvalue weighted by atomic mass is 9.89. The number of rotatable bonds is 4. The summed E-state index contributed by atoms with van der Waals surface area (Å²) in [5, 5.41) is 3.53. The zero-order chi connectivity index (χ0) is 17.1. The first-order chi connectivity index (χ1) is 11.7. The number of esters is 1. The molecule has 0 unspecified atom stereocenters. The Labute approximate surface area is 141 Å². The molecule has 0 amide bonds. The topological polar surface area (TPSA) is 56.8 Å². The smallest absolute Gasteiger partial charge is 0.337 e. The lowest BCUT2D eigenvalue weighted by molar-refractivity contribution is 0.0600.